The zero-order valence-electron chi connectivity index (χ0n) is 21.8. The van der Waals surface area contributed by atoms with Gasteiger partial charge in [0, 0.05) is 23.3 Å². The lowest BCUT2D eigenvalue weighted by Crippen LogP contribution is -2.30. The van der Waals surface area contributed by atoms with Crippen LogP contribution in [0.5, 0.6) is 11.5 Å². The number of rotatable bonds is 14. The van der Waals surface area contributed by atoms with Gasteiger partial charge in [0.15, 0.2) is 11.6 Å². The maximum Gasteiger partial charge on any atom is 0.331 e. The second-order valence-corrected chi connectivity index (χ2v) is 9.19. The van der Waals surface area contributed by atoms with E-state index in [9.17, 15) is 29.4 Å². The molecule has 0 saturated heterocycles. The van der Waals surface area contributed by atoms with Crippen LogP contribution >= 0.6 is 0 Å². The SMILES string of the molecule is CC(C)(O)C(=O)c1ccc(OCCOC(=O)C=CC(=O)OCCOc2ccc(C(=O)C(C)(C)O)cc2)cc1. The molecule has 0 atom stereocenters. The Morgan fingerprint density at radius 3 is 1.21 bits per heavy atom. The highest BCUT2D eigenvalue weighted by atomic mass is 16.6. The average molecular weight is 529 g/mol. The van der Waals surface area contributed by atoms with E-state index in [1.165, 1.54) is 52.0 Å². The van der Waals surface area contributed by atoms with Gasteiger partial charge in [-0.3, -0.25) is 9.59 Å². The molecule has 0 radical (unpaired) electrons. The number of carbonyl (C=O) groups excluding carboxylic acids is 4. The highest BCUT2D eigenvalue weighted by molar-refractivity contribution is 6.02. The molecule has 204 valence electrons. The third-order valence-electron chi connectivity index (χ3n) is 4.89. The molecule has 0 bridgehead atoms. The Morgan fingerprint density at radius 1 is 0.605 bits per heavy atom. The number of hydrogen-bond donors (Lipinski definition) is 2. The van der Waals surface area contributed by atoms with Crippen LogP contribution in [-0.4, -0.2) is 71.3 Å². The normalized spacial score (nSPS) is 11.6. The lowest BCUT2D eigenvalue weighted by molar-refractivity contribution is -0.141. The summed E-state index contributed by atoms with van der Waals surface area (Å²) in [5, 5.41) is 19.5. The fraction of sp³-hybridized carbons (Fsp3) is 0.357. The summed E-state index contributed by atoms with van der Waals surface area (Å²) in [6.45, 7) is 5.58. The molecule has 0 saturated carbocycles. The first kappa shape index (κ1) is 30.2. The van der Waals surface area contributed by atoms with Crippen molar-refractivity contribution >= 4 is 23.5 Å². The van der Waals surface area contributed by atoms with Crippen molar-refractivity contribution < 1.29 is 48.3 Å². The molecular weight excluding hydrogens is 496 g/mol. The molecule has 0 heterocycles. The largest absolute Gasteiger partial charge is 0.490 e. The zero-order chi connectivity index (χ0) is 28.3. The molecule has 0 aliphatic rings. The van der Waals surface area contributed by atoms with Gasteiger partial charge in [0.1, 0.15) is 49.1 Å². The summed E-state index contributed by atoms with van der Waals surface area (Å²) in [5.74, 6) is -1.43. The van der Waals surface area contributed by atoms with Gasteiger partial charge in [0.25, 0.3) is 0 Å². The van der Waals surface area contributed by atoms with E-state index in [0.717, 1.165) is 12.2 Å². The van der Waals surface area contributed by atoms with Crippen LogP contribution in [0.1, 0.15) is 48.4 Å². The number of ketones is 2. The van der Waals surface area contributed by atoms with Crippen molar-refractivity contribution in [3.63, 3.8) is 0 Å². The van der Waals surface area contributed by atoms with Crippen LogP contribution in [0.2, 0.25) is 0 Å². The number of esters is 2. The molecule has 0 aromatic heterocycles. The Kier molecular flexibility index (Phi) is 10.7. The zero-order valence-corrected chi connectivity index (χ0v) is 21.8. The van der Waals surface area contributed by atoms with Gasteiger partial charge in [0.05, 0.1) is 0 Å². The molecular formula is C28H32O10. The highest BCUT2D eigenvalue weighted by Gasteiger charge is 2.25. The molecule has 10 nitrogen and oxygen atoms in total. The van der Waals surface area contributed by atoms with Crippen LogP contribution in [0, 0.1) is 0 Å². The van der Waals surface area contributed by atoms with E-state index in [4.69, 9.17) is 18.9 Å². The first-order valence-electron chi connectivity index (χ1n) is 11.8. The molecule has 10 heteroatoms. The Morgan fingerprint density at radius 2 is 0.921 bits per heavy atom. The fourth-order valence-electron chi connectivity index (χ4n) is 2.95. The van der Waals surface area contributed by atoms with E-state index < -0.39 is 34.7 Å². The molecule has 38 heavy (non-hydrogen) atoms. The highest BCUT2D eigenvalue weighted by Crippen LogP contribution is 2.18. The van der Waals surface area contributed by atoms with Crippen molar-refractivity contribution in [2.24, 2.45) is 0 Å². The van der Waals surface area contributed by atoms with Crippen LogP contribution in [0.3, 0.4) is 0 Å². The first-order valence-corrected chi connectivity index (χ1v) is 11.8. The lowest BCUT2D eigenvalue weighted by atomic mass is 9.97. The van der Waals surface area contributed by atoms with Crippen molar-refractivity contribution in [2.75, 3.05) is 26.4 Å². The third-order valence-corrected chi connectivity index (χ3v) is 4.89. The van der Waals surface area contributed by atoms with Gasteiger partial charge >= 0.3 is 11.9 Å². The molecule has 0 spiro atoms. The van der Waals surface area contributed by atoms with Gasteiger partial charge in [-0.1, -0.05) is 0 Å². The maximum absolute atomic E-state index is 12.0. The van der Waals surface area contributed by atoms with Gasteiger partial charge in [-0.15, -0.1) is 0 Å². The summed E-state index contributed by atoms with van der Waals surface area (Å²) >= 11 is 0. The van der Waals surface area contributed by atoms with Crippen LogP contribution in [-0.2, 0) is 19.1 Å². The van der Waals surface area contributed by atoms with Crippen molar-refractivity contribution in [3.8, 4) is 11.5 Å². The van der Waals surface area contributed by atoms with E-state index in [1.807, 2.05) is 0 Å². The average Bonchev–Trinajstić information content (AvgIpc) is 2.86. The van der Waals surface area contributed by atoms with Crippen molar-refractivity contribution in [2.45, 2.75) is 38.9 Å². The number of ether oxygens (including phenoxy) is 4. The minimum atomic E-state index is -1.47. The van der Waals surface area contributed by atoms with Gasteiger partial charge in [0.2, 0.25) is 0 Å². The summed E-state index contributed by atoms with van der Waals surface area (Å²) in [6, 6.07) is 12.4. The van der Waals surface area contributed by atoms with Crippen LogP contribution < -0.4 is 9.47 Å². The van der Waals surface area contributed by atoms with E-state index in [0.29, 0.717) is 22.6 Å². The van der Waals surface area contributed by atoms with Gasteiger partial charge in [-0.05, 0) is 76.2 Å². The van der Waals surface area contributed by atoms with Crippen LogP contribution in [0.15, 0.2) is 60.7 Å². The smallest absolute Gasteiger partial charge is 0.331 e. The lowest BCUT2D eigenvalue weighted by Gasteiger charge is -2.15. The van der Waals surface area contributed by atoms with E-state index in [1.54, 1.807) is 24.3 Å². The molecule has 0 aliphatic heterocycles. The number of hydrogen-bond acceptors (Lipinski definition) is 10. The maximum atomic E-state index is 12.0. The monoisotopic (exact) mass is 528 g/mol. The third kappa shape index (κ3) is 10.2. The molecule has 0 aliphatic carbocycles. The second-order valence-electron chi connectivity index (χ2n) is 9.19. The number of carbonyl (C=O) groups is 4. The Hall–Kier alpha value is -4.02. The molecule has 2 aromatic rings. The molecule has 2 rings (SSSR count). The van der Waals surface area contributed by atoms with E-state index >= 15 is 0 Å². The van der Waals surface area contributed by atoms with E-state index in [2.05, 4.69) is 0 Å². The minimum absolute atomic E-state index is 0.0487. The van der Waals surface area contributed by atoms with E-state index in [-0.39, 0.29) is 26.4 Å². The molecule has 2 aromatic carbocycles. The second kappa shape index (κ2) is 13.5. The number of Topliss-reactive ketones (excluding diaryl/α,β-unsaturated/α-hetero) is 2. The number of benzene rings is 2. The molecule has 0 unspecified atom stereocenters. The molecule has 0 amide bonds. The topological polar surface area (TPSA) is 146 Å². The van der Waals surface area contributed by atoms with Crippen LogP contribution in [0.4, 0.5) is 0 Å². The summed E-state index contributed by atoms with van der Waals surface area (Å²) in [5.41, 5.74) is -2.26. The van der Waals surface area contributed by atoms with Crippen molar-refractivity contribution in [1.29, 1.82) is 0 Å². The standard InChI is InChI=1S/C28H32O10/c1-27(2,33)25(31)19-5-9-21(10-6-19)35-15-17-37-23(29)13-14-24(30)38-18-16-36-22-11-7-20(8-12-22)26(32)28(3,4)34/h5-14,33-34H,15-18H2,1-4H3. The fourth-order valence-corrected chi connectivity index (χ4v) is 2.95. The van der Waals surface area contributed by atoms with Crippen LogP contribution in [0.25, 0.3) is 0 Å². The molecule has 2 N–H and O–H groups in total. The predicted octanol–water partition coefficient (Wildman–Crippen LogP) is 2.69. The quantitative estimate of drug-likeness (QED) is 0.162. The van der Waals surface area contributed by atoms with Crippen molar-refractivity contribution in [3.05, 3.63) is 71.8 Å². The Bertz CT molecular complexity index is 1040. The Labute approximate surface area is 220 Å². The van der Waals surface area contributed by atoms with Gasteiger partial charge < -0.3 is 29.2 Å². The Balaban J connectivity index is 1.62. The first-order chi connectivity index (χ1) is 17.8. The minimum Gasteiger partial charge on any atom is -0.490 e. The van der Waals surface area contributed by atoms with Crippen molar-refractivity contribution in [1.82, 2.24) is 0 Å². The van der Waals surface area contributed by atoms with Gasteiger partial charge in [-0.2, -0.15) is 0 Å². The summed E-state index contributed by atoms with van der Waals surface area (Å²) in [4.78, 5) is 47.5. The summed E-state index contributed by atoms with van der Waals surface area (Å²) < 4.78 is 20.7. The predicted molar refractivity (Wildman–Crippen MR) is 136 cm³/mol. The summed E-state index contributed by atoms with van der Waals surface area (Å²) in [7, 11) is 0. The number of aliphatic hydroxyl groups is 2. The summed E-state index contributed by atoms with van der Waals surface area (Å²) in [6.07, 6.45) is 1.86. The molecule has 0 fully saturated rings. The van der Waals surface area contributed by atoms with Gasteiger partial charge in [-0.25, -0.2) is 9.59 Å².